The number of pyridine rings is 1. The number of aliphatic hydroxyl groups excluding tert-OH is 1. The molecule has 0 saturated heterocycles. The SMILES string of the molecule is Cc1cc(CNC(O)c2ccc3cccnc3c2O)no1. The molecule has 108 valence electrons. The average molecular weight is 285 g/mol. The van der Waals surface area contributed by atoms with E-state index in [1.807, 2.05) is 12.1 Å². The smallest absolute Gasteiger partial charge is 0.148 e. The topological polar surface area (TPSA) is 91.4 Å². The molecule has 0 aliphatic rings. The van der Waals surface area contributed by atoms with Crippen LogP contribution in [-0.4, -0.2) is 20.4 Å². The molecule has 6 nitrogen and oxygen atoms in total. The van der Waals surface area contributed by atoms with Crippen LogP contribution in [0.15, 0.2) is 41.1 Å². The summed E-state index contributed by atoms with van der Waals surface area (Å²) in [6.07, 6.45) is 0.581. The summed E-state index contributed by atoms with van der Waals surface area (Å²) in [7, 11) is 0. The molecule has 21 heavy (non-hydrogen) atoms. The van der Waals surface area contributed by atoms with E-state index in [1.165, 1.54) is 0 Å². The van der Waals surface area contributed by atoms with Crippen molar-refractivity contribution in [3.63, 3.8) is 0 Å². The minimum absolute atomic E-state index is 0.0237. The zero-order chi connectivity index (χ0) is 14.8. The van der Waals surface area contributed by atoms with Crippen LogP contribution in [0.25, 0.3) is 10.9 Å². The first-order chi connectivity index (χ1) is 10.1. The van der Waals surface area contributed by atoms with E-state index in [0.29, 0.717) is 29.1 Å². The summed E-state index contributed by atoms with van der Waals surface area (Å²) in [5.41, 5.74) is 1.53. The Morgan fingerprint density at radius 1 is 1.33 bits per heavy atom. The first-order valence-corrected chi connectivity index (χ1v) is 6.55. The second kappa shape index (κ2) is 5.51. The van der Waals surface area contributed by atoms with E-state index >= 15 is 0 Å². The molecule has 0 fully saturated rings. The van der Waals surface area contributed by atoms with Gasteiger partial charge in [-0.15, -0.1) is 0 Å². The van der Waals surface area contributed by atoms with Gasteiger partial charge in [0.1, 0.15) is 23.3 Å². The number of benzene rings is 1. The van der Waals surface area contributed by atoms with Gasteiger partial charge in [0.05, 0.1) is 5.69 Å². The third-order valence-corrected chi connectivity index (χ3v) is 3.23. The van der Waals surface area contributed by atoms with Gasteiger partial charge in [-0.1, -0.05) is 23.4 Å². The highest BCUT2D eigenvalue weighted by Gasteiger charge is 2.15. The van der Waals surface area contributed by atoms with Crippen LogP contribution in [0.5, 0.6) is 5.75 Å². The molecule has 1 atom stereocenters. The predicted octanol–water partition coefficient (Wildman–Crippen LogP) is 2.02. The fourth-order valence-corrected chi connectivity index (χ4v) is 2.18. The Labute approximate surface area is 121 Å². The van der Waals surface area contributed by atoms with Crippen molar-refractivity contribution in [1.82, 2.24) is 15.5 Å². The molecule has 1 aromatic carbocycles. The molecule has 3 rings (SSSR count). The molecule has 0 bridgehead atoms. The standard InChI is InChI=1S/C15H15N3O3/c1-9-7-11(18-21-9)8-17-15(20)12-5-4-10-3-2-6-16-13(10)14(12)19/h2-7,15,17,19-20H,8H2,1H3. The summed E-state index contributed by atoms with van der Waals surface area (Å²) in [6.45, 7) is 2.13. The third kappa shape index (κ3) is 2.72. The number of fused-ring (bicyclic) bond motifs is 1. The molecular weight excluding hydrogens is 270 g/mol. The summed E-state index contributed by atoms with van der Waals surface area (Å²) in [6, 6.07) is 8.90. The maximum atomic E-state index is 10.2. The Morgan fingerprint density at radius 2 is 2.19 bits per heavy atom. The van der Waals surface area contributed by atoms with Gasteiger partial charge < -0.3 is 14.7 Å². The molecule has 1 unspecified atom stereocenters. The van der Waals surface area contributed by atoms with Crippen molar-refractivity contribution in [1.29, 1.82) is 0 Å². The number of phenolic OH excluding ortho intramolecular Hbond substituents is 1. The number of rotatable bonds is 4. The summed E-state index contributed by atoms with van der Waals surface area (Å²) >= 11 is 0. The predicted molar refractivity (Wildman–Crippen MR) is 76.4 cm³/mol. The lowest BCUT2D eigenvalue weighted by Crippen LogP contribution is -2.20. The Bertz CT molecular complexity index is 770. The highest BCUT2D eigenvalue weighted by Crippen LogP contribution is 2.30. The molecule has 2 aromatic heterocycles. The molecule has 0 spiro atoms. The number of aromatic hydroxyl groups is 1. The molecule has 3 N–H and O–H groups in total. The second-order valence-corrected chi connectivity index (χ2v) is 4.79. The van der Waals surface area contributed by atoms with Crippen molar-refractivity contribution in [3.8, 4) is 5.75 Å². The van der Waals surface area contributed by atoms with Crippen molar-refractivity contribution >= 4 is 10.9 Å². The monoisotopic (exact) mass is 285 g/mol. The maximum Gasteiger partial charge on any atom is 0.148 e. The van der Waals surface area contributed by atoms with Gasteiger partial charge in [-0.2, -0.15) is 0 Å². The van der Waals surface area contributed by atoms with Gasteiger partial charge in [0, 0.05) is 29.8 Å². The molecule has 0 saturated carbocycles. The van der Waals surface area contributed by atoms with Crippen LogP contribution in [0.2, 0.25) is 0 Å². The average Bonchev–Trinajstić information content (AvgIpc) is 2.91. The normalized spacial score (nSPS) is 12.7. The van der Waals surface area contributed by atoms with Crippen molar-refractivity contribution in [2.45, 2.75) is 19.7 Å². The zero-order valence-electron chi connectivity index (χ0n) is 11.4. The minimum Gasteiger partial charge on any atom is -0.505 e. The van der Waals surface area contributed by atoms with E-state index in [4.69, 9.17) is 4.52 Å². The number of aliphatic hydroxyl groups is 1. The number of nitrogens with one attached hydrogen (secondary N) is 1. The van der Waals surface area contributed by atoms with E-state index in [1.54, 1.807) is 31.3 Å². The van der Waals surface area contributed by atoms with Gasteiger partial charge in [0.2, 0.25) is 0 Å². The van der Waals surface area contributed by atoms with Gasteiger partial charge in [0.15, 0.2) is 0 Å². The zero-order valence-corrected chi connectivity index (χ0v) is 11.4. The van der Waals surface area contributed by atoms with Crippen LogP contribution in [0, 0.1) is 6.92 Å². The van der Waals surface area contributed by atoms with Crippen molar-refractivity contribution in [2.75, 3.05) is 0 Å². The molecule has 0 aliphatic carbocycles. The molecule has 0 amide bonds. The maximum absolute atomic E-state index is 10.2. The number of phenols is 1. The summed E-state index contributed by atoms with van der Waals surface area (Å²) in [4.78, 5) is 4.13. The highest BCUT2D eigenvalue weighted by atomic mass is 16.5. The molecule has 6 heteroatoms. The Hall–Kier alpha value is -2.44. The molecule has 2 heterocycles. The first kappa shape index (κ1) is 13.5. The molecular formula is C15H15N3O3. The summed E-state index contributed by atoms with van der Waals surface area (Å²) in [5.74, 6) is 0.684. The fourth-order valence-electron chi connectivity index (χ4n) is 2.18. The Morgan fingerprint density at radius 3 is 2.95 bits per heavy atom. The van der Waals surface area contributed by atoms with Crippen LogP contribution < -0.4 is 5.32 Å². The number of nitrogens with zero attached hydrogens (tertiary/aromatic N) is 2. The van der Waals surface area contributed by atoms with Crippen molar-refractivity contribution < 1.29 is 14.7 Å². The van der Waals surface area contributed by atoms with Crippen molar-refractivity contribution in [3.05, 3.63) is 53.5 Å². The Kier molecular flexibility index (Phi) is 3.55. The number of aromatic nitrogens is 2. The van der Waals surface area contributed by atoms with Gasteiger partial charge >= 0.3 is 0 Å². The quantitative estimate of drug-likeness (QED) is 0.635. The lowest BCUT2D eigenvalue weighted by atomic mass is 10.1. The van der Waals surface area contributed by atoms with Crippen molar-refractivity contribution in [2.24, 2.45) is 0 Å². The Balaban J connectivity index is 1.81. The fraction of sp³-hybridized carbons (Fsp3) is 0.200. The van der Waals surface area contributed by atoms with Crippen LogP contribution in [0.4, 0.5) is 0 Å². The van der Waals surface area contributed by atoms with Crippen LogP contribution in [0.1, 0.15) is 23.2 Å². The highest BCUT2D eigenvalue weighted by molar-refractivity contribution is 5.85. The number of hydrogen-bond acceptors (Lipinski definition) is 6. The summed E-state index contributed by atoms with van der Waals surface area (Å²) in [5, 5.41) is 27.9. The van der Waals surface area contributed by atoms with E-state index < -0.39 is 6.23 Å². The molecule has 0 aliphatic heterocycles. The number of hydrogen-bond donors (Lipinski definition) is 3. The van der Waals surface area contributed by atoms with E-state index in [2.05, 4.69) is 15.5 Å². The molecule has 0 radical (unpaired) electrons. The van der Waals surface area contributed by atoms with E-state index in [0.717, 1.165) is 5.39 Å². The van der Waals surface area contributed by atoms with E-state index in [9.17, 15) is 10.2 Å². The van der Waals surface area contributed by atoms with Crippen LogP contribution in [-0.2, 0) is 6.54 Å². The minimum atomic E-state index is -1.02. The van der Waals surface area contributed by atoms with Gasteiger partial charge in [-0.25, -0.2) is 0 Å². The third-order valence-electron chi connectivity index (χ3n) is 3.23. The second-order valence-electron chi connectivity index (χ2n) is 4.79. The largest absolute Gasteiger partial charge is 0.505 e. The lowest BCUT2D eigenvalue weighted by molar-refractivity contribution is 0.133. The van der Waals surface area contributed by atoms with Crippen LogP contribution >= 0.6 is 0 Å². The molecule has 3 aromatic rings. The first-order valence-electron chi connectivity index (χ1n) is 6.55. The van der Waals surface area contributed by atoms with Gasteiger partial charge in [-0.3, -0.25) is 10.3 Å². The van der Waals surface area contributed by atoms with E-state index in [-0.39, 0.29) is 5.75 Å². The van der Waals surface area contributed by atoms with Gasteiger partial charge in [-0.05, 0) is 13.0 Å². The summed E-state index contributed by atoms with van der Waals surface area (Å²) < 4.78 is 4.95. The number of aryl methyl sites for hydroxylation is 1. The van der Waals surface area contributed by atoms with Gasteiger partial charge in [0.25, 0.3) is 0 Å². The van der Waals surface area contributed by atoms with Crippen LogP contribution in [0.3, 0.4) is 0 Å². The lowest BCUT2D eigenvalue weighted by Gasteiger charge is -2.14.